The van der Waals surface area contributed by atoms with Crippen molar-refractivity contribution in [2.45, 2.75) is 57.9 Å². The molecule has 0 aromatic heterocycles. The fourth-order valence-electron chi connectivity index (χ4n) is 1.82. The van der Waals surface area contributed by atoms with Crippen LogP contribution >= 0.6 is 0 Å². The average molecular weight is 338 g/mol. The SMILES string of the molecule is CC(C)(C)c1ccc(OS(=O)(=O)C(F)(F)F)c(C(C)(C)C)c1. The van der Waals surface area contributed by atoms with Crippen molar-refractivity contribution in [1.29, 1.82) is 0 Å². The maximum absolute atomic E-state index is 12.5. The summed E-state index contributed by atoms with van der Waals surface area (Å²) in [4.78, 5) is 0. The highest BCUT2D eigenvalue weighted by Gasteiger charge is 2.49. The summed E-state index contributed by atoms with van der Waals surface area (Å²) in [5.41, 5.74) is -4.95. The standard InChI is InChI=1S/C15H21F3O3S/c1-13(2,3)10-7-8-12(11(9-10)14(4,5)6)21-22(19,20)15(16,17)18/h7-9H,1-6H3. The molecule has 0 aliphatic heterocycles. The third kappa shape index (κ3) is 4.15. The van der Waals surface area contributed by atoms with Crippen LogP contribution in [0.1, 0.15) is 52.7 Å². The van der Waals surface area contributed by atoms with Gasteiger partial charge in [0.25, 0.3) is 0 Å². The van der Waals surface area contributed by atoms with Crippen LogP contribution in [0.5, 0.6) is 5.75 Å². The van der Waals surface area contributed by atoms with Crippen molar-refractivity contribution in [1.82, 2.24) is 0 Å². The first-order valence-electron chi connectivity index (χ1n) is 6.71. The second-order valence-electron chi connectivity index (χ2n) is 7.19. The van der Waals surface area contributed by atoms with Crippen LogP contribution in [0.15, 0.2) is 18.2 Å². The van der Waals surface area contributed by atoms with E-state index in [1.807, 2.05) is 20.8 Å². The third-order valence-corrected chi connectivity index (χ3v) is 4.10. The molecule has 1 rings (SSSR count). The van der Waals surface area contributed by atoms with E-state index in [0.717, 1.165) is 5.56 Å². The first-order chi connectivity index (χ1) is 9.56. The second kappa shape index (κ2) is 5.44. The summed E-state index contributed by atoms with van der Waals surface area (Å²) in [6.07, 6.45) is 0. The van der Waals surface area contributed by atoms with Crippen LogP contribution in [-0.2, 0) is 20.9 Å². The first kappa shape index (κ1) is 18.8. The van der Waals surface area contributed by atoms with E-state index in [0.29, 0.717) is 5.56 Å². The molecule has 1 aromatic carbocycles. The Kier molecular flexibility index (Phi) is 4.65. The topological polar surface area (TPSA) is 43.4 Å². The Hall–Kier alpha value is -1.24. The Balaban J connectivity index is 3.45. The molecule has 0 saturated heterocycles. The minimum atomic E-state index is -5.68. The maximum atomic E-state index is 12.5. The van der Waals surface area contributed by atoms with Crippen LogP contribution in [0.3, 0.4) is 0 Å². The number of hydrogen-bond donors (Lipinski definition) is 0. The first-order valence-corrected chi connectivity index (χ1v) is 8.12. The van der Waals surface area contributed by atoms with Crippen molar-refractivity contribution >= 4 is 10.1 Å². The van der Waals surface area contributed by atoms with Gasteiger partial charge in [0, 0.05) is 5.56 Å². The van der Waals surface area contributed by atoms with Crippen LogP contribution in [0.25, 0.3) is 0 Å². The van der Waals surface area contributed by atoms with Crippen molar-refractivity contribution in [3.8, 4) is 5.75 Å². The Bertz CT molecular complexity index is 648. The van der Waals surface area contributed by atoms with Gasteiger partial charge in [0.1, 0.15) is 5.75 Å². The van der Waals surface area contributed by atoms with Crippen molar-refractivity contribution in [2.24, 2.45) is 0 Å². The molecule has 0 fully saturated rings. The molecule has 0 aliphatic rings. The van der Waals surface area contributed by atoms with Gasteiger partial charge in [-0.15, -0.1) is 0 Å². The molecule has 126 valence electrons. The summed E-state index contributed by atoms with van der Waals surface area (Å²) < 4.78 is 64.3. The molecular formula is C15H21F3O3S. The maximum Gasteiger partial charge on any atom is 0.534 e. The van der Waals surface area contributed by atoms with Gasteiger partial charge in [0.05, 0.1) is 0 Å². The molecule has 0 aliphatic carbocycles. The zero-order valence-corrected chi connectivity index (χ0v) is 14.3. The number of halogens is 3. The summed E-state index contributed by atoms with van der Waals surface area (Å²) in [5.74, 6) is -0.294. The molecule has 0 bridgehead atoms. The highest BCUT2D eigenvalue weighted by molar-refractivity contribution is 7.88. The van der Waals surface area contributed by atoms with E-state index in [-0.39, 0.29) is 11.2 Å². The van der Waals surface area contributed by atoms with Gasteiger partial charge in [-0.1, -0.05) is 53.7 Å². The fourth-order valence-corrected chi connectivity index (χ4v) is 2.30. The molecule has 1 aromatic rings. The van der Waals surface area contributed by atoms with Crippen LogP contribution < -0.4 is 4.18 Å². The molecule has 0 N–H and O–H groups in total. The zero-order valence-electron chi connectivity index (χ0n) is 13.5. The fraction of sp³-hybridized carbons (Fsp3) is 0.600. The molecule has 0 heterocycles. The number of benzene rings is 1. The number of hydrogen-bond acceptors (Lipinski definition) is 3. The Labute approximate surface area is 129 Å². The minimum absolute atomic E-state index is 0.221. The van der Waals surface area contributed by atoms with Gasteiger partial charge in [0.2, 0.25) is 0 Å². The van der Waals surface area contributed by atoms with Crippen molar-refractivity contribution < 1.29 is 25.8 Å². The van der Waals surface area contributed by atoms with Crippen LogP contribution in [-0.4, -0.2) is 13.9 Å². The second-order valence-corrected chi connectivity index (χ2v) is 8.73. The molecule has 0 radical (unpaired) electrons. The van der Waals surface area contributed by atoms with Crippen molar-refractivity contribution in [3.63, 3.8) is 0 Å². The smallest absolute Gasteiger partial charge is 0.376 e. The van der Waals surface area contributed by atoms with E-state index in [9.17, 15) is 21.6 Å². The van der Waals surface area contributed by atoms with E-state index in [1.165, 1.54) is 6.07 Å². The Morgan fingerprint density at radius 1 is 0.909 bits per heavy atom. The van der Waals surface area contributed by atoms with Gasteiger partial charge < -0.3 is 4.18 Å². The predicted octanol–water partition coefficient (Wildman–Crippen LogP) is 4.51. The summed E-state index contributed by atoms with van der Waals surface area (Å²) in [5, 5.41) is 0. The lowest BCUT2D eigenvalue weighted by molar-refractivity contribution is -0.0500. The summed E-state index contributed by atoms with van der Waals surface area (Å²) >= 11 is 0. The zero-order chi connectivity index (χ0) is 17.6. The molecule has 0 unspecified atom stereocenters. The molecule has 7 heteroatoms. The third-order valence-electron chi connectivity index (χ3n) is 3.14. The van der Waals surface area contributed by atoms with Gasteiger partial charge >= 0.3 is 15.6 Å². The lowest BCUT2D eigenvalue weighted by Gasteiger charge is -2.27. The summed E-state index contributed by atoms with van der Waals surface area (Å²) in [6, 6.07) is 4.56. The number of rotatable bonds is 2. The molecule has 0 spiro atoms. The summed E-state index contributed by atoms with van der Waals surface area (Å²) in [6.45, 7) is 11.2. The lowest BCUT2D eigenvalue weighted by atomic mass is 9.80. The molecule has 3 nitrogen and oxygen atoms in total. The average Bonchev–Trinajstić information content (AvgIpc) is 2.24. The van der Waals surface area contributed by atoms with Crippen LogP contribution in [0.2, 0.25) is 0 Å². The number of alkyl halides is 3. The van der Waals surface area contributed by atoms with E-state index in [4.69, 9.17) is 0 Å². The van der Waals surface area contributed by atoms with Gasteiger partial charge in [-0.2, -0.15) is 21.6 Å². The monoisotopic (exact) mass is 338 g/mol. The van der Waals surface area contributed by atoms with Gasteiger partial charge in [-0.25, -0.2) is 0 Å². The van der Waals surface area contributed by atoms with E-state index in [1.54, 1.807) is 32.9 Å². The molecular weight excluding hydrogens is 317 g/mol. The predicted molar refractivity (Wildman–Crippen MR) is 79.4 cm³/mol. The van der Waals surface area contributed by atoms with Gasteiger partial charge in [-0.05, 0) is 22.5 Å². The largest absolute Gasteiger partial charge is 0.534 e. The molecule has 22 heavy (non-hydrogen) atoms. The normalized spacial score (nSPS) is 14.0. The summed E-state index contributed by atoms with van der Waals surface area (Å²) in [7, 11) is -5.68. The highest BCUT2D eigenvalue weighted by atomic mass is 32.2. The van der Waals surface area contributed by atoms with Crippen LogP contribution in [0.4, 0.5) is 13.2 Å². The lowest BCUT2D eigenvalue weighted by Crippen LogP contribution is -2.29. The van der Waals surface area contributed by atoms with Gasteiger partial charge in [-0.3, -0.25) is 0 Å². The van der Waals surface area contributed by atoms with Crippen molar-refractivity contribution in [2.75, 3.05) is 0 Å². The molecule has 0 atom stereocenters. The Morgan fingerprint density at radius 2 is 1.41 bits per heavy atom. The van der Waals surface area contributed by atoms with E-state index < -0.39 is 21.0 Å². The van der Waals surface area contributed by atoms with Gasteiger partial charge in [0.15, 0.2) is 0 Å². The van der Waals surface area contributed by atoms with E-state index >= 15 is 0 Å². The highest BCUT2D eigenvalue weighted by Crippen LogP contribution is 2.37. The minimum Gasteiger partial charge on any atom is -0.376 e. The molecule has 0 amide bonds. The van der Waals surface area contributed by atoms with E-state index in [2.05, 4.69) is 4.18 Å². The quantitative estimate of drug-likeness (QED) is 0.588. The van der Waals surface area contributed by atoms with Crippen molar-refractivity contribution in [3.05, 3.63) is 29.3 Å². The molecule has 0 saturated carbocycles. The Morgan fingerprint density at radius 3 is 1.77 bits per heavy atom. The van der Waals surface area contributed by atoms with Crippen LogP contribution in [0, 0.1) is 0 Å².